The molecule has 0 spiro atoms. The van der Waals surface area contributed by atoms with E-state index in [2.05, 4.69) is 0 Å². The minimum atomic E-state index is -0.564. The number of hydrogen-bond donors (Lipinski definition) is 1. The van der Waals surface area contributed by atoms with E-state index in [0.29, 0.717) is 18.8 Å². The minimum Gasteiger partial charge on any atom is -0.493 e. The van der Waals surface area contributed by atoms with E-state index in [0.717, 1.165) is 6.42 Å². The van der Waals surface area contributed by atoms with Crippen molar-refractivity contribution in [3.05, 3.63) is 28.3 Å². The summed E-state index contributed by atoms with van der Waals surface area (Å²) < 4.78 is 16.4. The highest BCUT2D eigenvalue weighted by atomic mass is 16.6. The molecule has 3 unspecified atom stereocenters. The van der Waals surface area contributed by atoms with Gasteiger partial charge in [-0.3, -0.25) is 10.1 Å². The maximum atomic E-state index is 10.8. The fourth-order valence-electron chi connectivity index (χ4n) is 2.18. The van der Waals surface area contributed by atoms with Crippen LogP contribution in [0.4, 0.5) is 5.69 Å². The van der Waals surface area contributed by atoms with Crippen molar-refractivity contribution in [2.24, 2.45) is 0 Å². The molecule has 7 heteroatoms. The number of methoxy groups -OCH3 is 1. The highest BCUT2D eigenvalue weighted by Gasteiger charge is 2.43. The van der Waals surface area contributed by atoms with Crippen LogP contribution in [0, 0.1) is 10.1 Å². The molecule has 1 N–H and O–H groups in total. The molecular formula is C14H19NO6. The summed E-state index contributed by atoms with van der Waals surface area (Å²) in [6.07, 6.45) is -0.0290. The molecule has 0 aromatic heterocycles. The van der Waals surface area contributed by atoms with Crippen LogP contribution in [0.2, 0.25) is 0 Å². The molecule has 2 rings (SSSR count). The number of nitrogens with zero attached hydrogens (tertiary/aromatic N) is 1. The third-order valence-electron chi connectivity index (χ3n) is 3.37. The van der Waals surface area contributed by atoms with Gasteiger partial charge >= 0.3 is 0 Å². The Morgan fingerprint density at radius 2 is 2.19 bits per heavy atom. The number of rotatable bonds is 7. The fraction of sp³-hybridized carbons (Fsp3) is 0.571. The molecule has 3 atom stereocenters. The molecule has 0 amide bonds. The number of benzene rings is 1. The van der Waals surface area contributed by atoms with E-state index in [-0.39, 0.29) is 17.5 Å². The van der Waals surface area contributed by atoms with E-state index in [1.165, 1.54) is 25.3 Å². The monoisotopic (exact) mass is 297 g/mol. The van der Waals surface area contributed by atoms with Crippen LogP contribution in [0.5, 0.6) is 11.5 Å². The van der Waals surface area contributed by atoms with E-state index in [9.17, 15) is 15.2 Å². The van der Waals surface area contributed by atoms with Crippen LogP contribution in [0.3, 0.4) is 0 Å². The Labute approximate surface area is 122 Å². The molecule has 1 aromatic carbocycles. The highest BCUT2D eigenvalue weighted by Crippen LogP contribution is 2.36. The van der Waals surface area contributed by atoms with Crippen molar-refractivity contribution in [1.29, 1.82) is 0 Å². The van der Waals surface area contributed by atoms with Crippen molar-refractivity contribution in [2.45, 2.75) is 38.1 Å². The van der Waals surface area contributed by atoms with E-state index >= 15 is 0 Å². The average molecular weight is 297 g/mol. The van der Waals surface area contributed by atoms with Gasteiger partial charge in [0.2, 0.25) is 0 Å². The number of hydrogen-bond acceptors (Lipinski definition) is 6. The molecule has 1 aliphatic rings. The zero-order valence-electron chi connectivity index (χ0n) is 12.0. The van der Waals surface area contributed by atoms with E-state index < -0.39 is 17.1 Å². The molecule has 21 heavy (non-hydrogen) atoms. The molecular weight excluding hydrogens is 278 g/mol. The molecule has 7 nitrogen and oxygen atoms in total. The third kappa shape index (κ3) is 3.43. The standard InChI is InChI=1S/C14H19NO6/c1-3-6-20-14-10(16)8-13(14)21-12-7-9(15(17)18)4-5-11(12)19-2/h4-5,7,10,13-14,16H,3,6,8H2,1-2H3. The van der Waals surface area contributed by atoms with Crippen molar-refractivity contribution >= 4 is 5.69 Å². The number of aliphatic hydroxyl groups excluding tert-OH is 1. The molecule has 1 aliphatic carbocycles. The lowest BCUT2D eigenvalue weighted by Gasteiger charge is -2.40. The first-order valence-corrected chi connectivity index (χ1v) is 6.85. The molecule has 0 saturated heterocycles. The van der Waals surface area contributed by atoms with Crippen LogP contribution in [0.25, 0.3) is 0 Å². The highest BCUT2D eigenvalue weighted by molar-refractivity contribution is 5.48. The summed E-state index contributed by atoms with van der Waals surface area (Å²) in [7, 11) is 1.47. The third-order valence-corrected chi connectivity index (χ3v) is 3.37. The van der Waals surface area contributed by atoms with E-state index in [1.54, 1.807) is 0 Å². The van der Waals surface area contributed by atoms with Crippen LogP contribution in [-0.4, -0.2) is 42.1 Å². The van der Waals surface area contributed by atoms with Crippen molar-refractivity contribution in [3.63, 3.8) is 0 Å². The Balaban J connectivity index is 2.11. The van der Waals surface area contributed by atoms with Crippen LogP contribution < -0.4 is 9.47 Å². The topological polar surface area (TPSA) is 91.1 Å². The lowest BCUT2D eigenvalue weighted by Crippen LogP contribution is -2.55. The predicted molar refractivity (Wildman–Crippen MR) is 74.7 cm³/mol. The van der Waals surface area contributed by atoms with Crippen LogP contribution in [-0.2, 0) is 4.74 Å². The second kappa shape index (κ2) is 6.73. The summed E-state index contributed by atoms with van der Waals surface area (Å²) in [5.74, 6) is 0.699. The molecule has 1 saturated carbocycles. The maximum absolute atomic E-state index is 10.8. The van der Waals surface area contributed by atoms with Crippen molar-refractivity contribution in [1.82, 2.24) is 0 Å². The molecule has 1 fully saturated rings. The summed E-state index contributed by atoms with van der Waals surface area (Å²) >= 11 is 0. The molecule has 0 aliphatic heterocycles. The summed E-state index contributed by atoms with van der Waals surface area (Å²) in [4.78, 5) is 10.3. The summed E-state index contributed by atoms with van der Waals surface area (Å²) in [6.45, 7) is 2.51. The average Bonchev–Trinajstić information content (AvgIpc) is 2.46. The molecule has 0 bridgehead atoms. The van der Waals surface area contributed by atoms with Gasteiger partial charge in [0, 0.05) is 19.1 Å². The first kappa shape index (κ1) is 15.5. The van der Waals surface area contributed by atoms with Gasteiger partial charge < -0.3 is 19.3 Å². The van der Waals surface area contributed by atoms with Crippen molar-refractivity contribution in [2.75, 3.05) is 13.7 Å². The SMILES string of the molecule is CCCOC1C(O)CC1Oc1cc([N+](=O)[O-])ccc1OC. The Hall–Kier alpha value is -1.86. The minimum absolute atomic E-state index is 0.0725. The quantitative estimate of drug-likeness (QED) is 0.610. The number of nitro groups is 1. The first-order chi connectivity index (χ1) is 10.1. The van der Waals surface area contributed by atoms with Crippen LogP contribution in [0.1, 0.15) is 19.8 Å². The van der Waals surface area contributed by atoms with Crippen molar-refractivity contribution in [3.8, 4) is 11.5 Å². The zero-order chi connectivity index (χ0) is 15.4. The normalized spacial score (nSPS) is 24.2. The maximum Gasteiger partial charge on any atom is 0.273 e. The summed E-state index contributed by atoms with van der Waals surface area (Å²) in [5.41, 5.74) is -0.0725. The lowest BCUT2D eigenvalue weighted by atomic mass is 9.88. The fourth-order valence-corrected chi connectivity index (χ4v) is 2.18. The zero-order valence-corrected chi connectivity index (χ0v) is 12.0. The van der Waals surface area contributed by atoms with Crippen LogP contribution in [0.15, 0.2) is 18.2 Å². The Kier molecular flexibility index (Phi) is 4.98. The van der Waals surface area contributed by atoms with Gasteiger partial charge in [-0.2, -0.15) is 0 Å². The molecule has 1 aromatic rings. The Morgan fingerprint density at radius 1 is 1.43 bits per heavy atom. The van der Waals surface area contributed by atoms with Gasteiger partial charge in [0.15, 0.2) is 11.5 Å². The predicted octanol–water partition coefficient (Wildman–Crippen LogP) is 1.91. The molecule has 0 heterocycles. The van der Waals surface area contributed by atoms with E-state index in [1.807, 2.05) is 6.92 Å². The molecule has 0 radical (unpaired) electrons. The Bertz CT molecular complexity index is 506. The van der Waals surface area contributed by atoms with Gasteiger partial charge in [0.05, 0.1) is 24.2 Å². The second-order valence-electron chi connectivity index (χ2n) is 4.89. The lowest BCUT2D eigenvalue weighted by molar-refractivity contribution is -0.385. The van der Waals surface area contributed by atoms with Gasteiger partial charge in [-0.05, 0) is 12.5 Å². The van der Waals surface area contributed by atoms with Crippen LogP contribution >= 0.6 is 0 Å². The van der Waals surface area contributed by atoms with Gasteiger partial charge in [0.1, 0.15) is 12.2 Å². The number of ether oxygens (including phenoxy) is 3. The largest absolute Gasteiger partial charge is 0.493 e. The number of nitro benzene ring substituents is 1. The van der Waals surface area contributed by atoms with E-state index in [4.69, 9.17) is 14.2 Å². The smallest absolute Gasteiger partial charge is 0.273 e. The molecule has 116 valence electrons. The summed E-state index contributed by atoms with van der Waals surface area (Å²) in [6, 6.07) is 4.16. The van der Waals surface area contributed by atoms with Crippen molar-refractivity contribution < 1.29 is 24.2 Å². The first-order valence-electron chi connectivity index (χ1n) is 6.85. The van der Waals surface area contributed by atoms with Gasteiger partial charge in [-0.25, -0.2) is 0 Å². The van der Waals surface area contributed by atoms with Gasteiger partial charge in [-0.1, -0.05) is 6.92 Å². The number of non-ortho nitro benzene ring substituents is 1. The number of aliphatic hydroxyl groups is 1. The van der Waals surface area contributed by atoms with Gasteiger partial charge in [-0.15, -0.1) is 0 Å². The summed E-state index contributed by atoms with van der Waals surface area (Å²) in [5, 5.41) is 20.5. The van der Waals surface area contributed by atoms with Gasteiger partial charge in [0.25, 0.3) is 5.69 Å². The second-order valence-corrected chi connectivity index (χ2v) is 4.89. The Morgan fingerprint density at radius 3 is 2.76 bits per heavy atom.